The number of benzene rings is 1. The molecule has 1 aliphatic heterocycles. The van der Waals surface area contributed by atoms with Crippen molar-refractivity contribution < 1.29 is 4.74 Å². The van der Waals surface area contributed by atoms with E-state index in [0.29, 0.717) is 12.5 Å². The highest BCUT2D eigenvalue weighted by molar-refractivity contribution is 5.79. The summed E-state index contributed by atoms with van der Waals surface area (Å²) in [6.45, 7) is 13.9. The first-order valence-electron chi connectivity index (χ1n) is 10.9. The van der Waals surface area contributed by atoms with Crippen LogP contribution in [0.4, 0.5) is 0 Å². The van der Waals surface area contributed by atoms with Crippen LogP contribution in [0.2, 0.25) is 0 Å². The first-order chi connectivity index (χ1) is 14.2. The van der Waals surface area contributed by atoms with Crippen molar-refractivity contribution in [2.45, 2.75) is 39.8 Å². The number of hydrogen-bond donors (Lipinski definition) is 2. The fourth-order valence-electron chi connectivity index (χ4n) is 3.75. The van der Waals surface area contributed by atoms with E-state index in [4.69, 9.17) is 9.73 Å². The van der Waals surface area contributed by atoms with Crippen LogP contribution in [0.5, 0.6) is 0 Å². The van der Waals surface area contributed by atoms with Gasteiger partial charge in [0.2, 0.25) is 0 Å². The van der Waals surface area contributed by atoms with Crippen LogP contribution in [-0.2, 0) is 11.3 Å². The summed E-state index contributed by atoms with van der Waals surface area (Å²) >= 11 is 0. The van der Waals surface area contributed by atoms with Gasteiger partial charge in [-0.15, -0.1) is 0 Å². The van der Waals surface area contributed by atoms with E-state index in [1.54, 1.807) is 0 Å². The number of nitrogens with zero attached hydrogens (tertiary/aromatic N) is 4. The minimum atomic E-state index is 0.176. The average molecular weight is 401 g/mol. The van der Waals surface area contributed by atoms with Crippen LogP contribution in [-0.4, -0.2) is 72.4 Å². The van der Waals surface area contributed by atoms with Gasteiger partial charge in [0, 0.05) is 39.3 Å². The van der Waals surface area contributed by atoms with Crippen molar-refractivity contribution in [3.05, 3.63) is 30.6 Å². The largest absolute Gasteiger partial charge is 0.374 e. The minimum absolute atomic E-state index is 0.176. The molecule has 29 heavy (non-hydrogen) atoms. The number of ether oxygens (including phenoxy) is 1. The maximum Gasteiger partial charge on any atom is 0.191 e. The highest BCUT2D eigenvalue weighted by Gasteiger charge is 2.20. The van der Waals surface area contributed by atoms with E-state index in [1.807, 2.05) is 12.4 Å². The van der Waals surface area contributed by atoms with E-state index in [0.717, 1.165) is 63.8 Å². The van der Waals surface area contributed by atoms with Crippen LogP contribution >= 0.6 is 0 Å². The summed E-state index contributed by atoms with van der Waals surface area (Å²) < 4.78 is 8.13. The van der Waals surface area contributed by atoms with Crippen LogP contribution in [0.1, 0.15) is 27.2 Å². The standard InChI is InChI=1S/C22H36N6O/c1-4-23-22(25-14-19-16-27(12-13-29-19)15-18(2)3)24-10-7-11-28-17-26-20-8-5-6-9-21(20)28/h5-6,8-9,17-19H,4,7,10-16H2,1-3H3,(H2,23,24,25). The van der Waals surface area contributed by atoms with E-state index in [1.165, 1.54) is 5.52 Å². The molecule has 2 heterocycles. The number of fused-ring (bicyclic) bond motifs is 1. The summed E-state index contributed by atoms with van der Waals surface area (Å²) in [6.07, 6.45) is 3.11. The van der Waals surface area contributed by atoms with Crippen molar-refractivity contribution in [3.8, 4) is 0 Å². The van der Waals surface area contributed by atoms with Crippen molar-refractivity contribution in [2.75, 3.05) is 45.9 Å². The van der Waals surface area contributed by atoms with Gasteiger partial charge in [-0.2, -0.15) is 0 Å². The molecule has 1 saturated heterocycles. The van der Waals surface area contributed by atoms with Gasteiger partial charge in [-0.1, -0.05) is 26.0 Å². The zero-order chi connectivity index (χ0) is 20.5. The highest BCUT2D eigenvalue weighted by atomic mass is 16.5. The Morgan fingerprint density at radius 3 is 3.00 bits per heavy atom. The van der Waals surface area contributed by atoms with Gasteiger partial charge in [-0.05, 0) is 31.4 Å². The van der Waals surface area contributed by atoms with Crippen molar-refractivity contribution in [2.24, 2.45) is 10.9 Å². The molecule has 0 amide bonds. The topological polar surface area (TPSA) is 66.7 Å². The summed E-state index contributed by atoms with van der Waals surface area (Å²) in [5.41, 5.74) is 2.24. The minimum Gasteiger partial charge on any atom is -0.374 e. The first kappa shape index (κ1) is 21.6. The van der Waals surface area contributed by atoms with E-state index < -0.39 is 0 Å². The molecule has 1 unspecified atom stereocenters. The molecule has 160 valence electrons. The number of aryl methyl sites for hydroxylation is 1. The maximum atomic E-state index is 5.92. The van der Waals surface area contributed by atoms with Crippen molar-refractivity contribution in [3.63, 3.8) is 0 Å². The molecule has 1 aliphatic rings. The zero-order valence-electron chi connectivity index (χ0n) is 18.1. The average Bonchev–Trinajstić information content (AvgIpc) is 3.12. The van der Waals surface area contributed by atoms with E-state index in [2.05, 4.69) is 64.1 Å². The summed E-state index contributed by atoms with van der Waals surface area (Å²) in [4.78, 5) is 11.7. The highest BCUT2D eigenvalue weighted by Crippen LogP contribution is 2.12. The lowest BCUT2D eigenvalue weighted by molar-refractivity contribution is -0.0261. The second-order valence-corrected chi connectivity index (χ2v) is 8.07. The molecule has 1 aromatic heterocycles. The SMILES string of the molecule is CCNC(=NCC1CN(CC(C)C)CCO1)NCCCn1cnc2ccccc21. The lowest BCUT2D eigenvalue weighted by Crippen LogP contribution is -2.46. The van der Waals surface area contributed by atoms with Crippen molar-refractivity contribution >= 4 is 17.0 Å². The molecular formula is C22H36N6O. The third-order valence-electron chi connectivity index (χ3n) is 5.04. The van der Waals surface area contributed by atoms with Gasteiger partial charge in [0.25, 0.3) is 0 Å². The number of para-hydroxylation sites is 2. The predicted octanol–water partition coefficient (Wildman–Crippen LogP) is 2.34. The summed E-state index contributed by atoms with van der Waals surface area (Å²) in [7, 11) is 0. The number of rotatable bonds is 9. The molecule has 1 atom stereocenters. The molecule has 0 bridgehead atoms. The van der Waals surface area contributed by atoms with Crippen LogP contribution in [0.3, 0.4) is 0 Å². The Bertz CT molecular complexity index is 772. The molecule has 2 N–H and O–H groups in total. The summed E-state index contributed by atoms with van der Waals surface area (Å²) in [5.74, 6) is 1.55. The normalized spacial score (nSPS) is 18.5. The Kier molecular flexibility index (Phi) is 8.31. The second-order valence-electron chi connectivity index (χ2n) is 8.07. The van der Waals surface area contributed by atoms with E-state index in [9.17, 15) is 0 Å². The number of imidazole rings is 1. The molecule has 7 nitrogen and oxygen atoms in total. The molecular weight excluding hydrogens is 364 g/mol. The Morgan fingerprint density at radius 2 is 2.17 bits per heavy atom. The monoisotopic (exact) mass is 400 g/mol. The number of morpholine rings is 1. The zero-order valence-corrected chi connectivity index (χ0v) is 18.1. The van der Waals surface area contributed by atoms with Crippen LogP contribution < -0.4 is 10.6 Å². The lowest BCUT2D eigenvalue weighted by Gasteiger charge is -2.33. The maximum absolute atomic E-state index is 5.92. The van der Waals surface area contributed by atoms with Crippen LogP contribution in [0, 0.1) is 5.92 Å². The van der Waals surface area contributed by atoms with Crippen LogP contribution in [0.15, 0.2) is 35.6 Å². The fraction of sp³-hybridized carbons (Fsp3) is 0.636. The summed E-state index contributed by atoms with van der Waals surface area (Å²) in [6, 6.07) is 8.26. The van der Waals surface area contributed by atoms with Gasteiger partial charge in [-0.3, -0.25) is 9.89 Å². The molecule has 1 fully saturated rings. The van der Waals surface area contributed by atoms with Gasteiger partial charge in [-0.25, -0.2) is 4.98 Å². The molecule has 0 radical (unpaired) electrons. The summed E-state index contributed by atoms with van der Waals surface area (Å²) in [5, 5.41) is 6.79. The molecule has 1 aromatic carbocycles. The van der Waals surface area contributed by atoms with Gasteiger partial charge in [0.05, 0.1) is 36.6 Å². The quantitative estimate of drug-likeness (QED) is 0.384. The number of guanidine groups is 1. The van der Waals surface area contributed by atoms with Crippen molar-refractivity contribution in [1.29, 1.82) is 0 Å². The number of nitrogens with one attached hydrogen (secondary N) is 2. The number of aromatic nitrogens is 2. The molecule has 3 rings (SSSR count). The molecule has 0 aliphatic carbocycles. The Balaban J connectivity index is 1.44. The van der Waals surface area contributed by atoms with Gasteiger partial charge >= 0.3 is 0 Å². The number of aliphatic imine (C=N–C) groups is 1. The number of hydrogen-bond acceptors (Lipinski definition) is 4. The van der Waals surface area contributed by atoms with Gasteiger partial charge < -0.3 is 19.9 Å². The Morgan fingerprint density at radius 1 is 1.31 bits per heavy atom. The molecule has 7 heteroatoms. The predicted molar refractivity (Wildman–Crippen MR) is 119 cm³/mol. The third kappa shape index (κ3) is 6.72. The lowest BCUT2D eigenvalue weighted by atomic mass is 10.2. The molecule has 0 spiro atoms. The first-order valence-corrected chi connectivity index (χ1v) is 10.9. The third-order valence-corrected chi connectivity index (χ3v) is 5.04. The second kappa shape index (κ2) is 11.2. The fourth-order valence-corrected chi connectivity index (χ4v) is 3.75. The van der Waals surface area contributed by atoms with Crippen LogP contribution in [0.25, 0.3) is 11.0 Å². The van der Waals surface area contributed by atoms with Crippen molar-refractivity contribution in [1.82, 2.24) is 25.1 Å². The molecule has 2 aromatic rings. The van der Waals surface area contributed by atoms with E-state index >= 15 is 0 Å². The van der Waals surface area contributed by atoms with Gasteiger partial charge in [0.1, 0.15) is 0 Å². The Labute approximate surface area is 174 Å². The van der Waals surface area contributed by atoms with E-state index in [-0.39, 0.29) is 6.10 Å². The molecule has 0 saturated carbocycles. The smallest absolute Gasteiger partial charge is 0.191 e. The Hall–Kier alpha value is -2.12. The van der Waals surface area contributed by atoms with Gasteiger partial charge in [0.15, 0.2) is 5.96 Å².